The van der Waals surface area contributed by atoms with Gasteiger partial charge < -0.3 is 5.32 Å². The van der Waals surface area contributed by atoms with Gasteiger partial charge in [0.05, 0.1) is 5.52 Å². The second-order valence-corrected chi connectivity index (χ2v) is 3.72. The Balaban J connectivity index is 2.45. The molecule has 0 atom stereocenters. The van der Waals surface area contributed by atoms with Crippen molar-refractivity contribution in [3.8, 4) is 0 Å². The van der Waals surface area contributed by atoms with Crippen LogP contribution in [0.4, 0.5) is 5.82 Å². The number of rotatable bonds is 3. The normalized spacial score (nSPS) is 10.5. The maximum absolute atomic E-state index is 4.48. The van der Waals surface area contributed by atoms with Crippen molar-refractivity contribution in [2.24, 2.45) is 0 Å². The average Bonchev–Trinajstić information content (AvgIpc) is 2.29. The maximum Gasteiger partial charge on any atom is 0.126 e. The highest BCUT2D eigenvalue weighted by Crippen LogP contribution is 2.17. The van der Waals surface area contributed by atoms with Crippen LogP contribution in [0.3, 0.4) is 0 Å². The molecular weight excluding hydrogens is 184 g/mol. The molecule has 0 spiro atoms. The molecule has 0 aliphatic rings. The monoisotopic (exact) mass is 200 g/mol. The highest BCUT2D eigenvalue weighted by atomic mass is 15.0. The lowest BCUT2D eigenvalue weighted by Gasteiger charge is -2.04. The minimum Gasteiger partial charge on any atom is -0.373 e. The highest BCUT2D eigenvalue weighted by Gasteiger charge is 1.98. The molecule has 15 heavy (non-hydrogen) atoms. The number of benzene rings is 1. The number of aromatic nitrogens is 1. The molecule has 0 bridgehead atoms. The zero-order valence-electron chi connectivity index (χ0n) is 9.25. The Hall–Kier alpha value is -1.57. The number of nitrogens with one attached hydrogen (secondary N) is 1. The Morgan fingerprint density at radius 3 is 2.80 bits per heavy atom. The fourth-order valence-electron chi connectivity index (χ4n) is 1.76. The topological polar surface area (TPSA) is 24.9 Å². The number of anilines is 1. The summed E-state index contributed by atoms with van der Waals surface area (Å²) in [4.78, 5) is 4.48. The molecule has 2 rings (SSSR count). The van der Waals surface area contributed by atoms with E-state index in [2.05, 4.69) is 41.5 Å². The number of nitrogens with zero attached hydrogens (tertiary/aromatic N) is 1. The third-order valence-electron chi connectivity index (χ3n) is 2.55. The summed E-state index contributed by atoms with van der Waals surface area (Å²) in [5, 5.41) is 4.27. The lowest BCUT2D eigenvalue weighted by molar-refractivity contribution is 0.923. The Labute approximate surface area is 90.3 Å². The van der Waals surface area contributed by atoms with Crippen LogP contribution in [0.5, 0.6) is 0 Å². The SMILES string of the molecule is CCCc1ccc2nc(NC)ccc2c1. The Bertz CT molecular complexity index is 463. The van der Waals surface area contributed by atoms with Gasteiger partial charge in [-0.05, 0) is 36.2 Å². The van der Waals surface area contributed by atoms with Crippen LogP contribution >= 0.6 is 0 Å². The molecule has 1 N–H and O–H groups in total. The number of hydrogen-bond donors (Lipinski definition) is 1. The van der Waals surface area contributed by atoms with Gasteiger partial charge in [-0.15, -0.1) is 0 Å². The quantitative estimate of drug-likeness (QED) is 0.822. The van der Waals surface area contributed by atoms with Gasteiger partial charge in [0, 0.05) is 12.4 Å². The van der Waals surface area contributed by atoms with Crippen LogP contribution in [0.15, 0.2) is 30.3 Å². The van der Waals surface area contributed by atoms with Crippen LogP contribution in [-0.4, -0.2) is 12.0 Å². The lowest BCUT2D eigenvalue weighted by Crippen LogP contribution is -1.92. The standard InChI is InChI=1S/C13H16N2/c1-3-4-10-5-7-12-11(9-10)6-8-13(14-2)15-12/h5-9H,3-4H2,1-2H3,(H,14,15). The third-order valence-corrected chi connectivity index (χ3v) is 2.55. The molecule has 0 saturated carbocycles. The summed E-state index contributed by atoms with van der Waals surface area (Å²) in [5.74, 6) is 0.922. The molecule has 0 aliphatic heterocycles. The van der Waals surface area contributed by atoms with Crippen molar-refractivity contribution < 1.29 is 0 Å². The zero-order valence-corrected chi connectivity index (χ0v) is 9.25. The minimum absolute atomic E-state index is 0.922. The summed E-state index contributed by atoms with van der Waals surface area (Å²) in [6.07, 6.45) is 2.33. The number of fused-ring (bicyclic) bond motifs is 1. The van der Waals surface area contributed by atoms with Crippen molar-refractivity contribution in [3.63, 3.8) is 0 Å². The molecular formula is C13H16N2. The van der Waals surface area contributed by atoms with Gasteiger partial charge in [-0.1, -0.05) is 19.4 Å². The van der Waals surface area contributed by atoms with E-state index in [0.717, 1.165) is 17.8 Å². The summed E-state index contributed by atoms with van der Waals surface area (Å²) in [6, 6.07) is 10.6. The molecule has 0 saturated heterocycles. The van der Waals surface area contributed by atoms with Gasteiger partial charge in [0.1, 0.15) is 5.82 Å². The molecule has 0 fully saturated rings. The fourth-order valence-corrected chi connectivity index (χ4v) is 1.76. The average molecular weight is 200 g/mol. The second-order valence-electron chi connectivity index (χ2n) is 3.72. The fraction of sp³-hybridized carbons (Fsp3) is 0.308. The zero-order chi connectivity index (χ0) is 10.7. The molecule has 0 unspecified atom stereocenters. The second kappa shape index (κ2) is 4.30. The van der Waals surface area contributed by atoms with Crippen molar-refractivity contribution in [1.82, 2.24) is 4.98 Å². The van der Waals surface area contributed by atoms with Gasteiger partial charge in [0.2, 0.25) is 0 Å². The number of aryl methyl sites for hydroxylation is 1. The summed E-state index contributed by atoms with van der Waals surface area (Å²) in [5.41, 5.74) is 2.45. The van der Waals surface area contributed by atoms with Gasteiger partial charge in [-0.3, -0.25) is 0 Å². The van der Waals surface area contributed by atoms with Crippen molar-refractivity contribution in [2.75, 3.05) is 12.4 Å². The summed E-state index contributed by atoms with van der Waals surface area (Å²) in [6.45, 7) is 2.20. The summed E-state index contributed by atoms with van der Waals surface area (Å²) < 4.78 is 0. The molecule has 0 aliphatic carbocycles. The predicted molar refractivity (Wildman–Crippen MR) is 65.3 cm³/mol. The molecule has 2 nitrogen and oxygen atoms in total. The van der Waals surface area contributed by atoms with Gasteiger partial charge in [-0.25, -0.2) is 4.98 Å². The van der Waals surface area contributed by atoms with Gasteiger partial charge >= 0.3 is 0 Å². The van der Waals surface area contributed by atoms with E-state index in [1.807, 2.05) is 13.1 Å². The first kappa shape index (κ1) is 9.97. The molecule has 1 heterocycles. The lowest BCUT2D eigenvalue weighted by atomic mass is 10.1. The Morgan fingerprint density at radius 2 is 2.07 bits per heavy atom. The van der Waals surface area contributed by atoms with Gasteiger partial charge in [0.25, 0.3) is 0 Å². The first-order valence-corrected chi connectivity index (χ1v) is 5.41. The predicted octanol–water partition coefficient (Wildman–Crippen LogP) is 3.23. The van der Waals surface area contributed by atoms with Crippen molar-refractivity contribution in [3.05, 3.63) is 35.9 Å². The molecule has 78 valence electrons. The van der Waals surface area contributed by atoms with Gasteiger partial charge in [0.15, 0.2) is 0 Å². The molecule has 0 radical (unpaired) electrons. The summed E-state index contributed by atoms with van der Waals surface area (Å²) in [7, 11) is 1.89. The molecule has 2 aromatic rings. The van der Waals surface area contributed by atoms with E-state index in [1.165, 1.54) is 17.4 Å². The summed E-state index contributed by atoms with van der Waals surface area (Å²) >= 11 is 0. The van der Waals surface area contributed by atoms with Crippen LogP contribution in [-0.2, 0) is 6.42 Å². The Kier molecular flexibility index (Phi) is 2.86. The van der Waals surface area contributed by atoms with Crippen LogP contribution in [0.25, 0.3) is 10.9 Å². The highest BCUT2D eigenvalue weighted by molar-refractivity contribution is 5.80. The van der Waals surface area contributed by atoms with E-state index in [0.29, 0.717) is 0 Å². The molecule has 1 aromatic carbocycles. The van der Waals surface area contributed by atoms with E-state index < -0.39 is 0 Å². The molecule has 1 aromatic heterocycles. The number of pyridine rings is 1. The van der Waals surface area contributed by atoms with E-state index in [9.17, 15) is 0 Å². The number of hydrogen-bond acceptors (Lipinski definition) is 2. The van der Waals surface area contributed by atoms with Crippen LogP contribution in [0.1, 0.15) is 18.9 Å². The Morgan fingerprint density at radius 1 is 1.20 bits per heavy atom. The molecule has 0 amide bonds. The first-order chi connectivity index (χ1) is 7.33. The van der Waals surface area contributed by atoms with Crippen LogP contribution < -0.4 is 5.32 Å². The van der Waals surface area contributed by atoms with Gasteiger partial charge in [-0.2, -0.15) is 0 Å². The van der Waals surface area contributed by atoms with E-state index in [1.54, 1.807) is 0 Å². The van der Waals surface area contributed by atoms with Crippen molar-refractivity contribution >= 4 is 16.7 Å². The van der Waals surface area contributed by atoms with Crippen molar-refractivity contribution in [2.45, 2.75) is 19.8 Å². The van der Waals surface area contributed by atoms with Crippen LogP contribution in [0.2, 0.25) is 0 Å². The first-order valence-electron chi connectivity index (χ1n) is 5.41. The van der Waals surface area contributed by atoms with E-state index in [-0.39, 0.29) is 0 Å². The minimum atomic E-state index is 0.922. The van der Waals surface area contributed by atoms with E-state index >= 15 is 0 Å². The van der Waals surface area contributed by atoms with Crippen LogP contribution in [0, 0.1) is 0 Å². The van der Waals surface area contributed by atoms with Crippen molar-refractivity contribution in [1.29, 1.82) is 0 Å². The third kappa shape index (κ3) is 2.09. The maximum atomic E-state index is 4.48. The molecule has 2 heteroatoms. The largest absolute Gasteiger partial charge is 0.373 e. The van der Waals surface area contributed by atoms with E-state index in [4.69, 9.17) is 0 Å². The smallest absolute Gasteiger partial charge is 0.126 e.